The monoisotopic (exact) mass is 290 g/mol. The quantitative estimate of drug-likeness (QED) is 0.870. The minimum Gasteiger partial charge on any atom is -0.478 e. The standard InChI is InChI=1S/C16H19FN2O2/c17-12-9-14-13(8-11(12)16(20)21)18-15(19-14)10-6-4-2-1-3-5-7-10/h8-10H,1-7H2,(H,18,19)(H,20,21). The zero-order valence-corrected chi connectivity index (χ0v) is 11.9. The third-order valence-electron chi connectivity index (χ3n) is 4.31. The van der Waals surface area contributed by atoms with Crippen LogP contribution in [0.4, 0.5) is 4.39 Å². The first-order valence-electron chi connectivity index (χ1n) is 7.57. The molecule has 0 unspecified atom stereocenters. The number of hydrogen-bond donors (Lipinski definition) is 2. The Hall–Kier alpha value is -1.91. The maximum absolute atomic E-state index is 13.7. The second-order valence-electron chi connectivity index (χ2n) is 5.82. The van der Waals surface area contributed by atoms with Crippen LogP contribution in [-0.4, -0.2) is 21.0 Å². The van der Waals surface area contributed by atoms with Gasteiger partial charge in [-0.2, -0.15) is 0 Å². The van der Waals surface area contributed by atoms with Gasteiger partial charge in [0, 0.05) is 12.0 Å². The molecule has 2 N–H and O–H groups in total. The molecule has 2 aromatic rings. The number of H-pyrrole nitrogens is 1. The van der Waals surface area contributed by atoms with Crippen molar-refractivity contribution in [3.63, 3.8) is 0 Å². The fourth-order valence-corrected chi connectivity index (χ4v) is 3.14. The molecule has 1 aliphatic carbocycles. The lowest BCUT2D eigenvalue weighted by Crippen LogP contribution is -2.04. The Labute approximate surface area is 122 Å². The van der Waals surface area contributed by atoms with Crippen molar-refractivity contribution >= 4 is 17.0 Å². The Kier molecular flexibility index (Phi) is 3.90. The molecule has 1 saturated carbocycles. The number of carboxylic acids is 1. The first kappa shape index (κ1) is 14.0. The molecule has 0 spiro atoms. The molecule has 0 bridgehead atoms. The third-order valence-corrected chi connectivity index (χ3v) is 4.31. The first-order valence-corrected chi connectivity index (χ1v) is 7.57. The van der Waals surface area contributed by atoms with Crippen LogP contribution in [0.2, 0.25) is 0 Å². The summed E-state index contributed by atoms with van der Waals surface area (Å²) in [6.07, 6.45) is 8.39. The van der Waals surface area contributed by atoms with Gasteiger partial charge in [0.25, 0.3) is 0 Å². The van der Waals surface area contributed by atoms with Crippen LogP contribution in [0, 0.1) is 5.82 Å². The van der Waals surface area contributed by atoms with Crippen molar-refractivity contribution in [3.8, 4) is 0 Å². The van der Waals surface area contributed by atoms with Crippen LogP contribution in [0.15, 0.2) is 12.1 Å². The first-order chi connectivity index (χ1) is 10.1. The molecule has 1 heterocycles. The van der Waals surface area contributed by atoms with E-state index in [2.05, 4.69) is 9.97 Å². The minimum atomic E-state index is -1.26. The Bertz CT molecular complexity index is 658. The molecule has 4 nitrogen and oxygen atoms in total. The Morgan fingerprint density at radius 2 is 1.86 bits per heavy atom. The van der Waals surface area contributed by atoms with E-state index < -0.39 is 11.8 Å². The number of carboxylic acid groups (broad SMARTS) is 1. The fraction of sp³-hybridized carbons (Fsp3) is 0.500. The van der Waals surface area contributed by atoms with E-state index in [-0.39, 0.29) is 5.56 Å². The normalized spacial score (nSPS) is 17.6. The van der Waals surface area contributed by atoms with Crippen LogP contribution >= 0.6 is 0 Å². The zero-order valence-electron chi connectivity index (χ0n) is 11.9. The number of nitrogens with zero attached hydrogens (tertiary/aromatic N) is 1. The summed E-state index contributed by atoms with van der Waals surface area (Å²) < 4.78 is 13.7. The predicted molar refractivity (Wildman–Crippen MR) is 78.1 cm³/mol. The molecule has 1 fully saturated rings. The number of hydrogen-bond acceptors (Lipinski definition) is 2. The lowest BCUT2D eigenvalue weighted by atomic mass is 9.91. The minimum absolute atomic E-state index is 0.321. The van der Waals surface area contributed by atoms with Gasteiger partial charge in [-0.3, -0.25) is 0 Å². The van der Waals surface area contributed by atoms with Crippen LogP contribution in [-0.2, 0) is 0 Å². The van der Waals surface area contributed by atoms with Gasteiger partial charge in [-0.1, -0.05) is 32.1 Å². The Morgan fingerprint density at radius 1 is 1.19 bits per heavy atom. The van der Waals surface area contributed by atoms with Crippen molar-refractivity contribution in [1.29, 1.82) is 0 Å². The molecule has 0 radical (unpaired) electrons. The summed E-state index contributed by atoms with van der Waals surface area (Å²) in [7, 11) is 0. The Morgan fingerprint density at radius 3 is 2.52 bits per heavy atom. The van der Waals surface area contributed by atoms with Crippen LogP contribution in [0.5, 0.6) is 0 Å². The van der Waals surface area contributed by atoms with E-state index in [9.17, 15) is 9.18 Å². The molecule has 0 aliphatic heterocycles. The number of rotatable bonds is 2. The summed E-state index contributed by atoms with van der Waals surface area (Å²) in [5.41, 5.74) is 0.790. The van der Waals surface area contributed by atoms with E-state index in [1.165, 1.54) is 44.2 Å². The molecule has 5 heteroatoms. The van der Waals surface area contributed by atoms with E-state index in [1.807, 2.05) is 0 Å². The summed E-state index contributed by atoms with van der Waals surface area (Å²) in [5.74, 6) is -0.740. The summed E-state index contributed by atoms with van der Waals surface area (Å²) in [5, 5.41) is 8.97. The number of nitrogens with one attached hydrogen (secondary N) is 1. The van der Waals surface area contributed by atoms with E-state index in [0.717, 1.165) is 18.7 Å². The van der Waals surface area contributed by atoms with E-state index in [4.69, 9.17) is 5.11 Å². The zero-order chi connectivity index (χ0) is 14.8. The van der Waals surface area contributed by atoms with Gasteiger partial charge in [-0.05, 0) is 18.9 Å². The highest BCUT2D eigenvalue weighted by atomic mass is 19.1. The van der Waals surface area contributed by atoms with Crippen LogP contribution in [0.3, 0.4) is 0 Å². The van der Waals surface area contributed by atoms with Gasteiger partial charge >= 0.3 is 5.97 Å². The molecule has 21 heavy (non-hydrogen) atoms. The van der Waals surface area contributed by atoms with Gasteiger partial charge in [0.15, 0.2) is 0 Å². The van der Waals surface area contributed by atoms with E-state index >= 15 is 0 Å². The molecule has 112 valence electrons. The lowest BCUT2D eigenvalue weighted by Gasteiger charge is -2.17. The number of benzene rings is 1. The number of aromatic nitrogens is 2. The number of fused-ring (bicyclic) bond motifs is 1. The summed E-state index contributed by atoms with van der Waals surface area (Å²) in [4.78, 5) is 18.7. The van der Waals surface area contributed by atoms with Gasteiger partial charge in [0.1, 0.15) is 11.6 Å². The van der Waals surface area contributed by atoms with Crippen molar-refractivity contribution in [3.05, 3.63) is 29.3 Å². The molecule has 0 atom stereocenters. The molecule has 3 rings (SSSR count). The second kappa shape index (κ2) is 5.84. The van der Waals surface area contributed by atoms with Gasteiger partial charge in [0.05, 0.1) is 16.6 Å². The molecule has 1 aromatic carbocycles. The highest BCUT2D eigenvalue weighted by Gasteiger charge is 2.19. The van der Waals surface area contributed by atoms with Gasteiger partial charge in [-0.15, -0.1) is 0 Å². The number of carbonyl (C=O) groups is 1. The maximum atomic E-state index is 13.7. The van der Waals surface area contributed by atoms with E-state index in [1.54, 1.807) is 0 Å². The molecule has 0 saturated heterocycles. The highest BCUT2D eigenvalue weighted by molar-refractivity contribution is 5.92. The Balaban J connectivity index is 1.94. The summed E-state index contributed by atoms with van der Waals surface area (Å²) in [6, 6.07) is 2.55. The number of halogens is 1. The molecule has 0 amide bonds. The summed E-state index contributed by atoms with van der Waals surface area (Å²) >= 11 is 0. The van der Waals surface area contributed by atoms with Crippen LogP contribution in [0.1, 0.15) is 67.0 Å². The number of imidazole rings is 1. The third kappa shape index (κ3) is 2.91. The largest absolute Gasteiger partial charge is 0.478 e. The smallest absolute Gasteiger partial charge is 0.338 e. The maximum Gasteiger partial charge on any atom is 0.338 e. The molecular weight excluding hydrogens is 271 g/mol. The van der Waals surface area contributed by atoms with Crippen molar-refractivity contribution in [1.82, 2.24) is 9.97 Å². The number of aromatic amines is 1. The van der Waals surface area contributed by atoms with Gasteiger partial charge < -0.3 is 10.1 Å². The molecule has 1 aliphatic rings. The fourth-order valence-electron chi connectivity index (χ4n) is 3.14. The van der Waals surface area contributed by atoms with Crippen molar-refractivity contribution < 1.29 is 14.3 Å². The SMILES string of the molecule is O=C(O)c1cc2nc(C3CCCCCCC3)[nH]c2cc1F. The summed E-state index contributed by atoms with van der Waals surface area (Å²) in [6.45, 7) is 0. The van der Waals surface area contributed by atoms with Crippen molar-refractivity contribution in [2.24, 2.45) is 0 Å². The van der Waals surface area contributed by atoms with Crippen LogP contribution < -0.4 is 0 Å². The lowest BCUT2D eigenvalue weighted by molar-refractivity contribution is 0.0692. The van der Waals surface area contributed by atoms with Crippen molar-refractivity contribution in [2.75, 3.05) is 0 Å². The average molecular weight is 290 g/mol. The van der Waals surface area contributed by atoms with Crippen LogP contribution in [0.25, 0.3) is 11.0 Å². The highest BCUT2D eigenvalue weighted by Crippen LogP contribution is 2.30. The average Bonchev–Trinajstić information content (AvgIpc) is 2.79. The predicted octanol–water partition coefficient (Wildman–Crippen LogP) is 4.23. The molecular formula is C16H19FN2O2. The van der Waals surface area contributed by atoms with E-state index in [0.29, 0.717) is 17.0 Å². The van der Waals surface area contributed by atoms with Crippen molar-refractivity contribution in [2.45, 2.75) is 50.9 Å². The van der Waals surface area contributed by atoms with Gasteiger partial charge in [-0.25, -0.2) is 14.2 Å². The molecule has 1 aromatic heterocycles. The topological polar surface area (TPSA) is 66.0 Å². The second-order valence-corrected chi connectivity index (χ2v) is 5.82. The van der Waals surface area contributed by atoms with Gasteiger partial charge in [0.2, 0.25) is 0 Å². The number of aromatic carboxylic acids is 1.